The molecular weight excluding hydrogens is 447 g/mol. The number of carbonyl (C=O) groups is 1. The number of nitrogens with zero attached hydrogens (tertiary/aromatic N) is 1. The number of nitrogens with one attached hydrogen (secondary N) is 2. The average molecular weight is 480 g/mol. The van der Waals surface area contributed by atoms with Gasteiger partial charge in [0.25, 0.3) is 0 Å². The summed E-state index contributed by atoms with van der Waals surface area (Å²) in [6.07, 6.45) is 4.77. The molecule has 1 aromatic rings. The van der Waals surface area contributed by atoms with Crippen LogP contribution >= 0.6 is 0 Å². The van der Waals surface area contributed by atoms with E-state index in [0.29, 0.717) is 30.8 Å². The maximum absolute atomic E-state index is 13.4. The van der Waals surface area contributed by atoms with Crippen molar-refractivity contribution in [1.82, 2.24) is 10.2 Å². The zero-order chi connectivity index (χ0) is 24.3. The predicted octanol–water partition coefficient (Wildman–Crippen LogP) is 4.76. The number of fused-ring (bicyclic) bond motifs is 3. The number of hydrogen-bond donors (Lipinski definition) is 2. The lowest BCUT2D eigenvalue weighted by atomic mass is 9.73. The van der Waals surface area contributed by atoms with Gasteiger partial charge in [0.15, 0.2) is 0 Å². The minimum atomic E-state index is -4.43. The molecule has 1 amide bonds. The molecule has 5 atom stereocenters. The van der Waals surface area contributed by atoms with Crippen LogP contribution in [0, 0.1) is 11.8 Å². The van der Waals surface area contributed by atoms with Crippen LogP contribution in [0.2, 0.25) is 0 Å². The lowest BCUT2D eigenvalue weighted by Crippen LogP contribution is -2.47. The van der Waals surface area contributed by atoms with Gasteiger partial charge in [-0.25, -0.2) is 4.79 Å². The van der Waals surface area contributed by atoms with Gasteiger partial charge in [-0.1, -0.05) is 24.3 Å². The fourth-order valence-electron chi connectivity index (χ4n) is 4.98. The summed E-state index contributed by atoms with van der Waals surface area (Å²) >= 11 is 0. The van der Waals surface area contributed by atoms with E-state index in [1.807, 2.05) is 31.1 Å². The first-order chi connectivity index (χ1) is 16.2. The van der Waals surface area contributed by atoms with E-state index < -0.39 is 23.9 Å². The molecule has 4 rings (SSSR count). The smallest absolute Gasteiger partial charge is 0.416 e. The van der Waals surface area contributed by atoms with E-state index in [1.165, 1.54) is 12.1 Å². The van der Waals surface area contributed by atoms with Crippen molar-refractivity contribution in [3.8, 4) is 0 Å². The molecule has 0 radical (unpaired) electrons. The summed E-state index contributed by atoms with van der Waals surface area (Å²) in [7, 11) is 3.82. The molecule has 1 aromatic carbocycles. The molecule has 0 spiro atoms. The fraction of sp³-hybridized carbons (Fsp3) is 0.560. The second-order valence-corrected chi connectivity index (χ2v) is 9.43. The second kappa shape index (κ2) is 10.4. The van der Waals surface area contributed by atoms with Crippen LogP contribution in [0.5, 0.6) is 0 Å². The number of benzene rings is 1. The summed E-state index contributed by atoms with van der Waals surface area (Å²) < 4.78 is 52.0. The summed E-state index contributed by atoms with van der Waals surface area (Å²) in [6.45, 7) is 1.22. The first kappa shape index (κ1) is 24.6. The second-order valence-electron chi connectivity index (χ2n) is 9.43. The van der Waals surface area contributed by atoms with E-state index in [4.69, 9.17) is 9.47 Å². The SMILES string of the molecule is CN(C)CCNC(=O)OC[C@H]1CC[C@@H]2[C@H](O1)c1cc(C(F)(F)F)ccc1N[C@H]2C1C=CC=CC1. The van der Waals surface area contributed by atoms with Crippen LogP contribution in [0.3, 0.4) is 0 Å². The zero-order valence-corrected chi connectivity index (χ0v) is 19.5. The molecule has 9 heteroatoms. The Hall–Kier alpha value is -2.52. The number of allylic oxidation sites excluding steroid dienone is 3. The number of alkyl carbamates (subject to hydrolysis) is 1. The van der Waals surface area contributed by atoms with Gasteiger partial charge in [0.05, 0.1) is 17.8 Å². The highest BCUT2D eigenvalue weighted by atomic mass is 19.4. The molecule has 0 bridgehead atoms. The monoisotopic (exact) mass is 479 g/mol. The van der Waals surface area contributed by atoms with Crippen LogP contribution in [0.1, 0.15) is 36.5 Å². The van der Waals surface area contributed by atoms with Crippen LogP contribution in [-0.2, 0) is 15.7 Å². The maximum Gasteiger partial charge on any atom is 0.416 e. The number of likely N-dealkylation sites (N-methyl/N-ethyl adjacent to an activating group) is 1. The first-order valence-electron chi connectivity index (χ1n) is 11.7. The summed E-state index contributed by atoms with van der Waals surface area (Å²) in [6, 6.07) is 3.86. The standard InChI is InChI=1S/C25H32F3N3O3/c1-31(2)13-12-29-24(32)33-15-18-9-10-19-22(16-6-4-3-5-7-16)30-21-11-8-17(25(26,27)28)14-20(21)23(19)34-18/h3-6,8,11,14,16,18-19,22-23,30H,7,9-10,12-13,15H2,1-2H3,(H,29,32)/t16?,18-,19+,22+,23+/m1/s1. The molecule has 1 unspecified atom stereocenters. The molecule has 186 valence electrons. The number of anilines is 1. The summed E-state index contributed by atoms with van der Waals surface area (Å²) in [4.78, 5) is 14.0. The van der Waals surface area contributed by atoms with E-state index in [-0.39, 0.29) is 30.6 Å². The van der Waals surface area contributed by atoms with Crippen LogP contribution in [0.15, 0.2) is 42.5 Å². The van der Waals surface area contributed by atoms with Crippen molar-refractivity contribution in [3.05, 3.63) is 53.6 Å². The summed E-state index contributed by atoms with van der Waals surface area (Å²) in [5.41, 5.74) is 0.504. The van der Waals surface area contributed by atoms with Crippen molar-refractivity contribution in [2.45, 2.75) is 43.7 Å². The van der Waals surface area contributed by atoms with E-state index in [0.717, 1.165) is 18.9 Å². The van der Waals surface area contributed by atoms with Gasteiger partial charge >= 0.3 is 12.3 Å². The third-order valence-electron chi connectivity index (χ3n) is 6.72. The highest BCUT2D eigenvalue weighted by Crippen LogP contribution is 2.49. The molecule has 1 saturated heterocycles. The van der Waals surface area contributed by atoms with Crippen molar-refractivity contribution < 1.29 is 27.4 Å². The van der Waals surface area contributed by atoms with Gasteiger partial charge in [0.2, 0.25) is 0 Å². The van der Waals surface area contributed by atoms with Gasteiger partial charge in [0.1, 0.15) is 6.61 Å². The molecule has 2 aliphatic heterocycles. The maximum atomic E-state index is 13.4. The van der Waals surface area contributed by atoms with Crippen LogP contribution in [0.4, 0.5) is 23.7 Å². The van der Waals surface area contributed by atoms with Gasteiger partial charge in [0, 0.05) is 42.2 Å². The van der Waals surface area contributed by atoms with Crippen molar-refractivity contribution in [3.63, 3.8) is 0 Å². The van der Waals surface area contributed by atoms with E-state index >= 15 is 0 Å². The summed E-state index contributed by atoms with van der Waals surface area (Å²) in [5, 5.41) is 6.20. The molecule has 2 heterocycles. The van der Waals surface area contributed by atoms with Gasteiger partial charge < -0.3 is 25.0 Å². The number of rotatable bonds is 6. The quantitative estimate of drug-likeness (QED) is 0.616. The van der Waals surface area contributed by atoms with Crippen molar-refractivity contribution in [2.24, 2.45) is 11.8 Å². The molecule has 0 aromatic heterocycles. The van der Waals surface area contributed by atoms with Gasteiger partial charge in [-0.2, -0.15) is 13.2 Å². The molecule has 2 N–H and O–H groups in total. The summed E-state index contributed by atoms with van der Waals surface area (Å²) in [5.74, 6) is 0.245. The normalized spacial score (nSPS) is 28.1. The van der Waals surface area contributed by atoms with Gasteiger partial charge in [-0.3, -0.25) is 0 Å². The van der Waals surface area contributed by atoms with Crippen molar-refractivity contribution in [1.29, 1.82) is 0 Å². The Morgan fingerprint density at radius 2 is 2.09 bits per heavy atom. The van der Waals surface area contributed by atoms with E-state index in [2.05, 4.69) is 22.8 Å². The molecule has 6 nitrogen and oxygen atoms in total. The molecule has 1 aliphatic carbocycles. The Morgan fingerprint density at radius 1 is 1.26 bits per heavy atom. The largest absolute Gasteiger partial charge is 0.447 e. The Labute approximate surface area is 198 Å². The molecule has 3 aliphatic rings. The predicted molar refractivity (Wildman–Crippen MR) is 123 cm³/mol. The number of ether oxygens (including phenoxy) is 2. The topological polar surface area (TPSA) is 62.8 Å². The first-order valence-corrected chi connectivity index (χ1v) is 11.7. The van der Waals surface area contributed by atoms with E-state index in [9.17, 15) is 18.0 Å². The molecule has 0 saturated carbocycles. The molecule has 1 fully saturated rings. The van der Waals surface area contributed by atoms with Crippen LogP contribution in [0.25, 0.3) is 0 Å². The number of amides is 1. The minimum absolute atomic E-state index is 0.0160. The van der Waals surface area contributed by atoms with Gasteiger partial charge in [-0.15, -0.1) is 0 Å². The lowest BCUT2D eigenvalue weighted by molar-refractivity contribution is -0.138. The van der Waals surface area contributed by atoms with E-state index in [1.54, 1.807) is 0 Å². The highest BCUT2D eigenvalue weighted by Gasteiger charge is 2.45. The Balaban J connectivity index is 1.49. The Bertz CT molecular complexity index is 932. The third kappa shape index (κ3) is 5.75. The lowest BCUT2D eigenvalue weighted by Gasteiger charge is -2.47. The fourth-order valence-corrected chi connectivity index (χ4v) is 4.98. The molecule has 34 heavy (non-hydrogen) atoms. The Morgan fingerprint density at radius 3 is 2.79 bits per heavy atom. The Kier molecular flexibility index (Phi) is 7.52. The van der Waals surface area contributed by atoms with Crippen LogP contribution in [-0.4, -0.2) is 56.9 Å². The van der Waals surface area contributed by atoms with Crippen molar-refractivity contribution >= 4 is 11.8 Å². The minimum Gasteiger partial charge on any atom is -0.447 e. The number of alkyl halides is 3. The van der Waals surface area contributed by atoms with Crippen molar-refractivity contribution in [2.75, 3.05) is 39.1 Å². The average Bonchev–Trinajstić information content (AvgIpc) is 2.81. The van der Waals surface area contributed by atoms with Crippen LogP contribution < -0.4 is 10.6 Å². The molecular formula is C25H32F3N3O3. The zero-order valence-electron chi connectivity index (χ0n) is 19.5. The number of halogens is 3. The highest BCUT2D eigenvalue weighted by molar-refractivity contribution is 5.67. The third-order valence-corrected chi connectivity index (χ3v) is 6.72. The number of carbonyl (C=O) groups excluding carboxylic acids is 1. The van der Waals surface area contributed by atoms with Gasteiger partial charge in [-0.05, 0) is 51.6 Å². The number of hydrogen-bond acceptors (Lipinski definition) is 5.